The average Bonchev–Trinajstić information content (AvgIpc) is 3.31. The zero-order valence-electron chi connectivity index (χ0n) is 12.8. The predicted octanol–water partition coefficient (Wildman–Crippen LogP) is 1.86. The van der Waals surface area contributed by atoms with E-state index in [-0.39, 0.29) is 0 Å². The second-order valence-electron chi connectivity index (χ2n) is 5.42. The lowest BCUT2D eigenvalue weighted by Gasteiger charge is -2.01. The van der Waals surface area contributed by atoms with Gasteiger partial charge in [-0.05, 0) is 18.2 Å². The van der Waals surface area contributed by atoms with Gasteiger partial charge in [-0.3, -0.25) is 4.68 Å². The largest absolute Gasteiger partial charge is 0.265 e. The van der Waals surface area contributed by atoms with E-state index in [1.165, 1.54) is 0 Å². The fourth-order valence-corrected chi connectivity index (χ4v) is 2.78. The number of aryl methyl sites for hydroxylation is 1. The number of para-hydroxylation sites is 1. The summed E-state index contributed by atoms with van der Waals surface area (Å²) in [6, 6.07) is 11.8. The molecule has 1 aromatic carbocycles. The molecule has 0 fully saturated rings. The van der Waals surface area contributed by atoms with E-state index in [0.717, 1.165) is 28.1 Å². The number of benzene rings is 1. The van der Waals surface area contributed by atoms with Crippen molar-refractivity contribution in [3.63, 3.8) is 0 Å². The van der Waals surface area contributed by atoms with E-state index in [1.807, 2.05) is 43.4 Å². The summed E-state index contributed by atoms with van der Waals surface area (Å²) >= 11 is 0. The summed E-state index contributed by atoms with van der Waals surface area (Å²) in [6.07, 6.45) is 5.15. The Morgan fingerprint density at radius 2 is 1.83 bits per heavy atom. The number of nitrogens with zero attached hydrogens (tertiary/aromatic N) is 8. The summed E-state index contributed by atoms with van der Waals surface area (Å²) < 4.78 is 5.21. The van der Waals surface area contributed by atoms with Crippen molar-refractivity contribution < 1.29 is 0 Å². The van der Waals surface area contributed by atoms with Gasteiger partial charge in [0.25, 0.3) is 0 Å². The molecular formula is C16H12N8. The van der Waals surface area contributed by atoms with E-state index in [9.17, 15) is 0 Å². The van der Waals surface area contributed by atoms with Crippen LogP contribution in [0.25, 0.3) is 33.9 Å². The molecule has 0 N–H and O–H groups in total. The summed E-state index contributed by atoms with van der Waals surface area (Å²) in [4.78, 5) is 9.15. The lowest BCUT2D eigenvalue weighted by Crippen LogP contribution is -1.98. The third-order valence-electron chi connectivity index (χ3n) is 3.96. The SMILES string of the molecule is Cn1nccc1-c1nc2c3cnn(-c4ccccc4)c3ncn2n1. The Kier molecular flexibility index (Phi) is 2.55. The van der Waals surface area contributed by atoms with Crippen LogP contribution in [0.1, 0.15) is 0 Å². The fourth-order valence-electron chi connectivity index (χ4n) is 2.78. The summed E-state index contributed by atoms with van der Waals surface area (Å²) in [5.41, 5.74) is 3.27. The molecule has 0 aliphatic carbocycles. The molecule has 0 aliphatic rings. The minimum atomic E-state index is 0.608. The maximum atomic E-state index is 4.65. The van der Waals surface area contributed by atoms with Crippen molar-refractivity contribution in [2.24, 2.45) is 7.05 Å². The molecule has 4 heterocycles. The number of rotatable bonds is 2. The number of fused-ring (bicyclic) bond motifs is 3. The molecule has 116 valence electrons. The monoisotopic (exact) mass is 316 g/mol. The van der Waals surface area contributed by atoms with Gasteiger partial charge in [-0.15, -0.1) is 5.10 Å². The van der Waals surface area contributed by atoms with Gasteiger partial charge in [0.15, 0.2) is 17.1 Å². The third-order valence-corrected chi connectivity index (χ3v) is 3.96. The molecule has 0 saturated carbocycles. The lowest BCUT2D eigenvalue weighted by molar-refractivity contribution is 0.768. The maximum Gasteiger partial charge on any atom is 0.200 e. The van der Waals surface area contributed by atoms with Gasteiger partial charge in [0.1, 0.15) is 12.0 Å². The molecule has 0 atom stereocenters. The molecule has 8 heteroatoms. The fraction of sp³-hybridized carbons (Fsp3) is 0.0625. The van der Waals surface area contributed by atoms with Crippen LogP contribution in [0.15, 0.2) is 55.1 Å². The van der Waals surface area contributed by atoms with Gasteiger partial charge in [-0.1, -0.05) is 18.2 Å². The van der Waals surface area contributed by atoms with Crippen molar-refractivity contribution in [2.45, 2.75) is 0 Å². The Balaban J connectivity index is 1.75. The molecule has 24 heavy (non-hydrogen) atoms. The first-order valence-corrected chi connectivity index (χ1v) is 7.44. The first-order chi connectivity index (χ1) is 11.8. The highest BCUT2D eigenvalue weighted by molar-refractivity contribution is 5.89. The van der Waals surface area contributed by atoms with Crippen LogP contribution in [-0.4, -0.2) is 39.1 Å². The van der Waals surface area contributed by atoms with Gasteiger partial charge in [0, 0.05) is 13.2 Å². The van der Waals surface area contributed by atoms with Gasteiger partial charge < -0.3 is 0 Å². The molecule has 0 saturated heterocycles. The van der Waals surface area contributed by atoms with Crippen LogP contribution in [0.3, 0.4) is 0 Å². The average molecular weight is 316 g/mol. The molecule has 5 rings (SSSR count). The van der Waals surface area contributed by atoms with Crippen molar-refractivity contribution in [3.05, 3.63) is 55.1 Å². The van der Waals surface area contributed by atoms with E-state index >= 15 is 0 Å². The zero-order valence-corrected chi connectivity index (χ0v) is 12.8. The van der Waals surface area contributed by atoms with E-state index < -0.39 is 0 Å². The Bertz CT molecular complexity index is 1160. The van der Waals surface area contributed by atoms with Crippen molar-refractivity contribution in [1.82, 2.24) is 39.1 Å². The van der Waals surface area contributed by atoms with Gasteiger partial charge in [0.05, 0.1) is 17.3 Å². The molecule has 0 aliphatic heterocycles. The Labute approximate surface area is 136 Å². The van der Waals surface area contributed by atoms with Crippen LogP contribution in [0.2, 0.25) is 0 Å². The molecular weight excluding hydrogens is 304 g/mol. The predicted molar refractivity (Wildman–Crippen MR) is 87.6 cm³/mol. The summed E-state index contributed by atoms with van der Waals surface area (Å²) in [7, 11) is 1.86. The minimum absolute atomic E-state index is 0.608. The van der Waals surface area contributed by atoms with Crippen molar-refractivity contribution >= 4 is 16.7 Å². The number of hydrogen-bond acceptors (Lipinski definition) is 5. The van der Waals surface area contributed by atoms with Crippen LogP contribution in [0.5, 0.6) is 0 Å². The molecule has 8 nitrogen and oxygen atoms in total. The Morgan fingerprint density at radius 3 is 2.62 bits per heavy atom. The van der Waals surface area contributed by atoms with Gasteiger partial charge in [0.2, 0.25) is 0 Å². The minimum Gasteiger partial charge on any atom is -0.265 e. The van der Waals surface area contributed by atoms with Crippen LogP contribution in [0.4, 0.5) is 0 Å². The normalized spacial score (nSPS) is 11.5. The molecule has 4 aromatic heterocycles. The van der Waals surface area contributed by atoms with E-state index in [1.54, 1.807) is 32.6 Å². The molecule has 0 spiro atoms. The number of hydrogen-bond donors (Lipinski definition) is 0. The van der Waals surface area contributed by atoms with E-state index in [4.69, 9.17) is 0 Å². The topological polar surface area (TPSA) is 78.7 Å². The van der Waals surface area contributed by atoms with Crippen molar-refractivity contribution in [1.29, 1.82) is 0 Å². The molecule has 0 radical (unpaired) electrons. The van der Waals surface area contributed by atoms with Crippen LogP contribution >= 0.6 is 0 Å². The van der Waals surface area contributed by atoms with E-state index in [2.05, 4.69) is 25.3 Å². The Morgan fingerprint density at radius 1 is 0.958 bits per heavy atom. The van der Waals surface area contributed by atoms with Gasteiger partial charge in [-0.25, -0.2) is 19.2 Å². The van der Waals surface area contributed by atoms with Crippen molar-refractivity contribution in [3.8, 4) is 17.2 Å². The first-order valence-electron chi connectivity index (χ1n) is 7.44. The van der Waals surface area contributed by atoms with Crippen LogP contribution in [0, 0.1) is 0 Å². The summed E-state index contributed by atoms with van der Waals surface area (Å²) in [5, 5.41) is 14.0. The smallest absolute Gasteiger partial charge is 0.200 e. The van der Waals surface area contributed by atoms with E-state index in [0.29, 0.717) is 5.82 Å². The maximum absolute atomic E-state index is 4.65. The van der Waals surface area contributed by atoms with Gasteiger partial charge >= 0.3 is 0 Å². The van der Waals surface area contributed by atoms with Crippen LogP contribution < -0.4 is 0 Å². The summed E-state index contributed by atoms with van der Waals surface area (Å²) in [6.45, 7) is 0. The quantitative estimate of drug-likeness (QED) is 0.497. The molecule has 0 unspecified atom stereocenters. The third kappa shape index (κ3) is 1.76. The highest BCUT2D eigenvalue weighted by atomic mass is 15.4. The van der Waals surface area contributed by atoms with Crippen LogP contribution in [-0.2, 0) is 7.05 Å². The molecule has 0 bridgehead atoms. The second kappa shape index (κ2) is 4.72. The first kappa shape index (κ1) is 12.9. The number of aromatic nitrogens is 8. The second-order valence-corrected chi connectivity index (χ2v) is 5.42. The molecule has 0 amide bonds. The van der Waals surface area contributed by atoms with Crippen molar-refractivity contribution in [2.75, 3.05) is 0 Å². The highest BCUT2D eigenvalue weighted by Crippen LogP contribution is 2.22. The lowest BCUT2D eigenvalue weighted by atomic mass is 10.3. The standard InChI is InChI=1S/C16H12N8/c1-22-13(7-8-18-22)14-20-16-12-9-19-24(11-5-3-2-4-6-11)15(12)17-10-23(16)21-14/h2-10H,1H3. The highest BCUT2D eigenvalue weighted by Gasteiger charge is 2.15. The molecule has 5 aromatic rings. The van der Waals surface area contributed by atoms with Gasteiger partial charge in [-0.2, -0.15) is 10.2 Å². The Hall–Kier alpha value is -3.55. The zero-order chi connectivity index (χ0) is 16.1. The summed E-state index contributed by atoms with van der Waals surface area (Å²) in [5.74, 6) is 0.608.